The minimum Gasteiger partial charge on any atom is -0.489 e. The van der Waals surface area contributed by atoms with E-state index in [0.29, 0.717) is 40.2 Å². The Morgan fingerprint density at radius 2 is 1.53 bits per heavy atom. The lowest BCUT2D eigenvalue weighted by atomic mass is 10.1. The molecule has 0 saturated heterocycles. The zero-order valence-electron chi connectivity index (χ0n) is 19.8. The number of hydrogen-bond donors (Lipinski definition) is 0. The van der Waals surface area contributed by atoms with Crippen molar-refractivity contribution in [3.05, 3.63) is 99.9 Å². The summed E-state index contributed by atoms with van der Waals surface area (Å²) >= 11 is 0. The highest BCUT2D eigenvalue weighted by atomic mass is 16.5. The standard InChI is InChI=1S/C28H24O8/c1-3-14-33-28(31)20-8-10-21(11-9-20)36-25-17-35-24-15-22(12-13-23(24)26(25)29)34-16-18-4-6-19(7-5-18)27(30)32-2/h4-13,15,17H,3,14,16H2,1-2H3. The molecule has 0 N–H and O–H groups in total. The van der Waals surface area contributed by atoms with Gasteiger partial charge in [-0.2, -0.15) is 0 Å². The summed E-state index contributed by atoms with van der Waals surface area (Å²) in [7, 11) is 1.33. The Balaban J connectivity index is 1.43. The van der Waals surface area contributed by atoms with Gasteiger partial charge in [0.25, 0.3) is 0 Å². The summed E-state index contributed by atoms with van der Waals surface area (Å²) in [5, 5.41) is 0.335. The van der Waals surface area contributed by atoms with Gasteiger partial charge in [0.1, 0.15) is 30.0 Å². The third-order valence-electron chi connectivity index (χ3n) is 5.25. The Morgan fingerprint density at radius 1 is 0.861 bits per heavy atom. The van der Waals surface area contributed by atoms with E-state index in [9.17, 15) is 14.4 Å². The molecule has 0 radical (unpaired) electrons. The fourth-order valence-corrected chi connectivity index (χ4v) is 3.34. The van der Waals surface area contributed by atoms with E-state index in [1.807, 2.05) is 6.92 Å². The predicted octanol–water partition coefficient (Wildman–Crippen LogP) is 5.52. The quantitative estimate of drug-likeness (QED) is 0.284. The summed E-state index contributed by atoms with van der Waals surface area (Å²) in [6.45, 7) is 2.54. The molecule has 0 atom stereocenters. The molecular formula is C28H24O8. The van der Waals surface area contributed by atoms with Gasteiger partial charge in [0.05, 0.1) is 30.2 Å². The van der Waals surface area contributed by atoms with Crippen LogP contribution in [0.5, 0.6) is 17.2 Å². The van der Waals surface area contributed by atoms with Gasteiger partial charge in [0, 0.05) is 6.07 Å². The first-order chi connectivity index (χ1) is 17.5. The van der Waals surface area contributed by atoms with E-state index in [4.69, 9.17) is 23.4 Å². The predicted molar refractivity (Wildman–Crippen MR) is 132 cm³/mol. The molecule has 0 amide bonds. The fraction of sp³-hybridized carbons (Fsp3) is 0.179. The number of carbonyl (C=O) groups is 2. The molecular weight excluding hydrogens is 464 g/mol. The number of methoxy groups -OCH3 is 1. The fourth-order valence-electron chi connectivity index (χ4n) is 3.34. The van der Waals surface area contributed by atoms with Crippen LogP contribution in [0.25, 0.3) is 11.0 Å². The normalized spacial score (nSPS) is 10.6. The lowest BCUT2D eigenvalue weighted by Gasteiger charge is -2.09. The maximum absolute atomic E-state index is 12.9. The Kier molecular flexibility index (Phi) is 7.65. The molecule has 0 saturated carbocycles. The monoisotopic (exact) mass is 488 g/mol. The van der Waals surface area contributed by atoms with Crippen LogP contribution in [-0.4, -0.2) is 25.7 Å². The van der Waals surface area contributed by atoms with Crippen LogP contribution in [0.3, 0.4) is 0 Å². The van der Waals surface area contributed by atoms with E-state index in [1.54, 1.807) is 66.7 Å². The maximum atomic E-state index is 12.9. The number of carbonyl (C=O) groups excluding carboxylic acids is 2. The van der Waals surface area contributed by atoms with E-state index in [1.165, 1.54) is 13.4 Å². The first-order valence-electron chi connectivity index (χ1n) is 11.3. The second kappa shape index (κ2) is 11.2. The minimum atomic E-state index is -0.412. The number of esters is 2. The molecule has 36 heavy (non-hydrogen) atoms. The van der Waals surface area contributed by atoms with Crippen molar-refractivity contribution in [2.24, 2.45) is 0 Å². The Labute approximate surface area is 207 Å². The highest BCUT2D eigenvalue weighted by Crippen LogP contribution is 2.25. The summed E-state index contributed by atoms with van der Waals surface area (Å²) in [5.41, 5.74) is 1.72. The van der Waals surface area contributed by atoms with E-state index in [0.717, 1.165) is 12.0 Å². The molecule has 0 spiro atoms. The van der Waals surface area contributed by atoms with Crippen molar-refractivity contribution >= 4 is 22.9 Å². The van der Waals surface area contributed by atoms with Crippen molar-refractivity contribution < 1.29 is 33.0 Å². The van der Waals surface area contributed by atoms with Crippen LogP contribution in [-0.2, 0) is 16.1 Å². The van der Waals surface area contributed by atoms with Crippen LogP contribution in [0.2, 0.25) is 0 Å². The number of ether oxygens (including phenoxy) is 4. The molecule has 8 heteroatoms. The summed E-state index contributed by atoms with van der Waals surface area (Å²) in [4.78, 5) is 36.4. The van der Waals surface area contributed by atoms with Crippen molar-refractivity contribution in [2.75, 3.05) is 13.7 Å². The minimum absolute atomic E-state index is 0.0168. The second-order valence-corrected chi connectivity index (χ2v) is 7.83. The molecule has 1 aromatic heterocycles. The molecule has 3 aromatic carbocycles. The molecule has 4 aromatic rings. The Hall–Kier alpha value is -4.59. The van der Waals surface area contributed by atoms with Crippen molar-refractivity contribution in [3.8, 4) is 17.2 Å². The lowest BCUT2D eigenvalue weighted by molar-refractivity contribution is 0.0504. The van der Waals surface area contributed by atoms with Gasteiger partial charge in [-0.3, -0.25) is 4.79 Å². The SMILES string of the molecule is CCCOC(=O)c1ccc(Oc2coc3cc(OCc4ccc(C(=O)OC)cc4)ccc3c2=O)cc1. The number of hydrogen-bond acceptors (Lipinski definition) is 8. The molecule has 184 valence electrons. The van der Waals surface area contributed by atoms with Gasteiger partial charge < -0.3 is 23.4 Å². The van der Waals surface area contributed by atoms with Crippen LogP contribution in [0.1, 0.15) is 39.6 Å². The number of rotatable bonds is 9. The lowest BCUT2D eigenvalue weighted by Crippen LogP contribution is -2.06. The molecule has 0 aliphatic carbocycles. The molecule has 8 nitrogen and oxygen atoms in total. The first-order valence-corrected chi connectivity index (χ1v) is 11.3. The third kappa shape index (κ3) is 5.72. The molecule has 1 heterocycles. The van der Waals surface area contributed by atoms with Gasteiger partial charge in [-0.15, -0.1) is 0 Å². The van der Waals surface area contributed by atoms with Crippen molar-refractivity contribution in [2.45, 2.75) is 20.0 Å². The molecule has 4 rings (SSSR count). The largest absolute Gasteiger partial charge is 0.489 e. The van der Waals surface area contributed by atoms with Crippen LogP contribution in [0.15, 0.2) is 82.2 Å². The van der Waals surface area contributed by atoms with Gasteiger partial charge in [-0.1, -0.05) is 19.1 Å². The smallest absolute Gasteiger partial charge is 0.338 e. The second-order valence-electron chi connectivity index (χ2n) is 7.83. The van der Waals surface area contributed by atoms with E-state index in [-0.39, 0.29) is 17.8 Å². The van der Waals surface area contributed by atoms with E-state index in [2.05, 4.69) is 0 Å². The average Bonchev–Trinajstić information content (AvgIpc) is 2.92. The van der Waals surface area contributed by atoms with Gasteiger partial charge in [0.15, 0.2) is 0 Å². The van der Waals surface area contributed by atoms with E-state index >= 15 is 0 Å². The van der Waals surface area contributed by atoms with Crippen LogP contribution >= 0.6 is 0 Å². The van der Waals surface area contributed by atoms with Crippen LogP contribution in [0, 0.1) is 0 Å². The molecule has 0 aliphatic heterocycles. The van der Waals surface area contributed by atoms with E-state index < -0.39 is 11.9 Å². The Bertz CT molecular complexity index is 1420. The van der Waals surface area contributed by atoms with Gasteiger partial charge in [-0.25, -0.2) is 9.59 Å². The first kappa shape index (κ1) is 24.5. The number of fused-ring (bicyclic) bond motifs is 1. The van der Waals surface area contributed by atoms with Crippen LogP contribution < -0.4 is 14.9 Å². The van der Waals surface area contributed by atoms with Gasteiger partial charge in [-0.05, 0) is 60.5 Å². The molecule has 0 fully saturated rings. The number of benzene rings is 3. The zero-order valence-corrected chi connectivity index (χ0v) is 19.8. The highest BCUT2D eigenvalue weighted by Gasteiger charge is 2.12. The molecule has 0 aliphatic rings. The van der Waals surface area contributed by atoms with Crippen molar-refractivity contribution in [3.63, 3.8) is 0 Å². The van der Waals surface area contributed by atoms with Crippen LogP contribution in [0.4, 0.5) is 0 Å². The maximum Gasteiger partial charge on any atom is 0.338 e. The summed E-state index contributed by atoms with van der Waals surface area (Å²) in [6, 6.07) is 18.1. The summed E-state index contributed by atoms with van der Waals surface area (Å²) in [5.74, 6) is 0.0984. The van der Waals surface area contributed by atoms with Gasteiger partial charge in [0.2, 0.25) is 11.2 Å². The summed E-state index contributed by atoms with van der Waals surface area (Å²) < 4.78 is 26.9. The molecule has 0 unspecified atom stereocenters. The van der Waals surface area contributed by atoms with Gasteiger partial charge >= 0.3 is 11.9 Å². The van der Waals surface area contributed by atoms with Crippen molar-refractivity contribution in [1.82, 2.24) is 0 Å². The average molecular weight is 488 g/mol. The summed E-state index contributed by atoms with van der Waals surface area (Å²) in [6.07, 6.45) is 1.98. The zero-order chi connectivity index (χ0) is 25.5. The topological polar surface area (TPSA) is 101 Å². The third-order valence-corrected chi connectivity index (χ3v) is 5.25. The Morgan fingerprint density at radius 3 is 2.22 bits per heavy atom. The van der Waals surface area contributed by atoms with Crippen molar-refractivity contribution in [1.29, 1.82) is 0 Å². The molecule has 0 bridgehead atoms. The highest BCUT2D eigenvalue weighted by molar-refractivity contribution is 5.90.